The second-order valence-electron chi connectivity index (χ2n) is 8.60. The molecule has 0 aliphatic carbocycles. The molecule has 0 aromatic heterocycles. The van der Waals surface area contributed by atoms with E-state index in [1.807, 2.05) is 24.3 Å². The molecule has 0 unspecified atom stereocenters. The lowest BCUT2D eigenvalue weighted by molar-refractivity contribution is 0.0697. The number of carbonyl (C=O) groups is 1. The molecule has 0 radical (unpaired) electrons. The second-order valence-corrected chi connectivity index (χ2v) is 8.60. The number of ether oxygens (including phenoxy) is 6. The van der Waals surface area contributed by atoms with Gasteiger partial charge in [-0.05, 0) is 48.0 Å². The third-order valence-electron chi connectivity index (χ3n) is 6.58. The third kappa shape index (κ3) is 4.06. The minimum atomic E-state index is -0.976. The Hall–Kier alpha value is -4.27. The monoisotopic (exact) mass is 493 g/mol. The van der Waals surface area contributed by atoms with Gasteiger partial charge in [0.2, 0.25) is 12.5 Å². The smallest absolute Gasteiger partial charge is 0.335 e. The SMILES string of the molecule is COc1cc([C@@H]2c3cc4c(cc3O[C@H](Nc3ccc(C(=O)O)cc3)[C@H]2C)OCO4)cc(OC)c1OC. The quantitative estimate of drug-likeness (QED) is 0.483. The molecule has 5 rings (SSSR count). The Bertz CT molecular complexity index is 1260. The van der Waals surface area contributed by atoms with Gasteiger partial charge in [-0.2, -0.15) is 0 Å². The van der Waals surface area contributed by atoms with Crippen LogP contribution in [0.5, 0.6) is 34.5 Å². The molecule has 0 saturated carbocycles. The molecular formula is C27H27NO8. The summed E-state index contributed by atoms with van der Waals surface area (Å²) in [6.07, 6.45) is -0.433. The Morgan fingerprint density at radius 2 is 1.56 bits per heavy atom. The van der Waals surface area contributed by atoms with Gasteiger partial charge in [0, 0.05) is 29.2 Å². The first-order chi connectivity index (χ1) is 17.4. The van der Waals surface area contributed by atoms with Crippen LogP contribution in [0.15, 0.2) is 48.5 Å². The molecule has 36 heavy (non-hydrogen) atoms. The van der Waals surface area contributed by atoms with Gasteiger partial charge in [-0.25, -0.2) is 4.79 Å². The summed E-state index contributed by atoms with van der Waals surface area (Å²) in [6.45, 7) is 2.24. The first-order valence-electron chi connectivity index (χ1n) is 11.4. The molecule has 2 aliphatic rings. The Labute approximate surface area is 208 Å². The predicted octanol–water partition coefficient (Wildman–Crippen LogP) is 4.74. The highest BCUT2D eigenvalue weighted by atomic mass is 16.7. The molecular weight excluding hydrogens is 466 g/mol. The first kappa shape index (κ1) is 23.5. The number of methoxy groups -OCH3 is 3. The summed E-state index contributed by atoms with van der Waals surface area (Å²) < 4.78 is 34.4. The number of aromatic carboxylic acids is 1. The van der Waals surface area contributed by atoms with Gasteiger partial charge >= 0.3 is 5.97 Å². The van der Waals surface area contributed by atoms with Crippen molar-refractivity contribution in [2.24, 2.45) is 5.92 Å². The normalized spacial score (nSPS) is 19.6. The zero-order valence-corrected chi connectivity index (χ0v) is 20.4. The van der Waals surface area contributed by atoms with Crippen molar-refractivity contribution < 1.29 is 38.3 Å². The fourth-order valence-corrected chi connectivity index (χ4v) is 4.78. The molecule has 0 saturated heterocycles. The highest BCUT2D eigenvalue weighted by Crippen LogP contribution is 2.51. The van der Waals surface area contributed by atoms with Crippen molar-refractivity contribution in [3.8, 4) is 34.5 Å². The van der Waals surface area contributed by atoms with Gasteiger partial charge in [-0.3, -0.25) is 0 Å². The van der Waals surface area contributed by atoms with Crippen LogP contribution in [0.3, 0.4) is 0 Å². The van der Waals surface area contributed by atoms with E-state index in [1.54, 1.807) is 45.6 Å². The summed E-state index contributed by atoms with van der Waals surface area (Å²) in [4.78, 5) is 11.2. The molecule has 0 spiro atoms. The van der Waals surface area contributed by atoms with Gasteiger partial charge in [0.05, 0.1) is 26.9 Å². The van der Waals surface area contributed by atoms with E-state index in [2.05, 4.69) is 12.2 Å². The van der Waals surface area contributed by atoms with Gasteiger partial charge in [-0.15, -0.1) is 0 Å². The second kappa shape index (κ2) is 9.41. The van der Waals surface area contributed by atoms with Crippen LogP contribution in [0.25, 0.3) is 0 Å². The molecule has 9 nitrogen and oxygen atoms in total. The number of carboxylic acid groups (broad SMARTS) is 1. The first-order valence-corrected chi connectivity index (χ1v) is 11.4. The van der Waals surface area contributed by atoms with Crippen molar-refractivity contribution in [3.63, 3.8) is 0 Å². The van der Waals surface area contributed by atoms with Gasteiger partial charge in [0.1, 0.15) is 5.75 Å². The van der Waals surface area contributed by atoms with Gasteiger partial charge in [-0.1, -0.05) is 6.92 Å². The lowest BCUT2D eigenvalue weighted by atomic mass is 9.78. The number of nitrogens with one attached hydrogen (secondary N) is 1. The number of fused-ring (bicyclic) bond motifs is 2. The number of hydrogen-bond donors (Lipinski definition) is 2. The van der Waals surface area contributed by atoms with E-state index < -0.39 is 12.2 Å². The van der Waals surface area contributed by atoms with Crippen LogP contribution in [-0.4, -0.2) is 45.4 Å². The predicted molar refractivity (Wildman–Crippen MR) is 131 cm³/mol. The highest BCUT2D eigenvalue weighted by Gasteiger charge is 2.39. The molecule has 0 bridgehead atoms. The molecule has 0 fully saturated rings. The van der Waals surface area contributed by atoms with E-state index in [-0.39, 0.29) is 24.2 Å². The van der Waals surface area contributed by atoms with Crippen molar-refractivity contribution in [2.75, 3.05) is 33.4 Å². The summed E-state index contributed by atoms with van der Waals surface area (Å²) in [5, 5.41) is 12.6. The Kier molecular flexibility index (Phi) is 6.13. The summed E-state index contributed by atoms with van der Waals surface area (Å²) in [6, 6.07) is 14.3. The topological polar surface area (TPSA) is 105 Å². The molecule has 3 atom stereocenters. The zero-order valence-electron chi connectivity index (χ0n) is 20.4. The molecule has 2 heterocycles. The molecule has 2 aliphatic heterocycles. The third-order valence-corrected chi connectivity index (χ3v) is 6.58. The van der Waals surface area contributed by atoms with Crippen molar-refractivity contribution >= 4 is 11.7 Å². The van der Waals surface area contributed by atoms with Crippen LogP contribution in [0.2, 0.25) is 0 Å². The van der Waals surface area contributed by atoms with Gasteiger partial charge in [0.15, 0.2) is 29.2 Å². The lowest BCUT2D eigenvalue weighted by Gasteiger charge is -2.39. The van der Waals surface area contributed by atoms with Crippen LogP contribution in [0.4, 0.5) is 5.69 Å². The summed E-state index contributed by atoms with van der Waals surface area (Å²) >= 11 is 0. The van der Waals surface area contributed by atoms with Crippen LogP contribution in [0, 0.1) is 5.92 Å². The molecule has 188 valence electrons. The van der Waals surface area contributed by atoms with E-state index in [4.69, 9.17) is 28.4 Å². The van der Waals surface area contributed by atoms with E-state index in [9.17, 15) is 9.90 Å². The number of hydrogen-bond acceptors (Lipinski definition) is 8. The standard InChI is InChI=1S/C27H27NO8/c1-14-24(16-9-22(31-2)25(33-4)23(10-16)32-3)18-11-20-21(35-13-34-20)12-19(18)36-26(14)28-17-7-5-15(6-8-17)27(29)30/h5-12,14,24,26,28H,13H2,1-4H3,(H,29,30)/t14-,24+,26-/m0/s1. The number of carboxylic acids is 1. The molecule has 0 amide bonds. The minimum absolute atomic E-state index is 0.0696. The zero-order chi connectivity index (χ0) is 25.4. The van der Waals surface area contributed by atoms with Crippen molar-refractivity contribution in [1.29, 1.82) is 0 Å². The number of rotatable bonds is 7. The van der Waals surface area contributed by atoms with Crippen LogP contribution < -0.4 is 33.7 Å². The minimum Gasteiger partial charge on any atom is -0.493 e. The number of anilines is 1. The van der Waals surface area contributed by atoms with Crippen molar-refractivity contribution in [3.05, 3.63) is 65.2 Å². The van der Waals surface area contributed by atoms with Crippen LogP contribution in [0.1, 0.15) is 34.3 Å². The Morgan fingerprint density at radius 3 is 2.14 bits per heavy atom. The van der Waals surface area contributed by atoms with Crippen LogP contribution in [-0.2, 0) is 0 Å². The fraction of sp³-hybridized carbons (Fsp3) is 0.296. The molecule has 3 aromatic rings. The van der Waals surface area contributed by atoms with E-state index in [0.717, 1.165) is 16.8 Å². The molecule has 9 heteroatoms. The highest BCUT2D eigenvalue weighted by molar-refractivity contribution is 5.88. The number of benzene rings is 3. The van der Waals surface area contributed by atoms with Crippen molar-refractivity contribution in [2.45, 2.75) is 19.1 Å². The average molecular weight is 494 g/mol. The maximum Gasteiger partial charge on any atom is 0.335 e. The van der Waals surface area contributed by atoms with Gasteiger partial charge < -0.3 is 38.8 Å². The van der Waals surface area contributed by atoms with Crippen LogP contribution >= 0.6 is 0 Å². The average Bonchev–Trinajstić information content (AvgIpc) is 3.34. The van der Waals surface area contributed by atoms with Crippen molar-refractivity contribution in [1.82, 2.24) is 0 Å². The van der Waals surface area contributed by atoms with E-state index >= 15 is 0 Å². The summed E-state index contributed by atoms with van der Waals surface area (Å²) in [5.74, 6) is 2.40. The Balaban J connectivity index is 1.59. The van der Waals surface area contributed by atoms with E-state index in [0.29, 0.717) is 34.5 Å². The summed E-state index contributed by atoms with van der Waals surface area (Å²) in [5.41, 5.74) is 2.85. The fourth-order valence-electron chi connectivity index (χ4n) is 4.78. The maximum absolute atomic E-state index is 11.2. The Morgan fingerprint density at radius 1 is 0.917 bits per heavy atom. The molecule has 2 N–H and O–H groups in total. The molecule has 3 aromatic carbocycles. The van der Waals surface area contributed by atoms with Gasteiger partial charge in [0.25, 0.3) is 0 Å². The maximum atomic E-state index is 11.2. The summed E-state index contributed by atoms with van der Waals surface area (Å²) in [7, 11) is 4.75. The largest absolute Gasteiger partial charge is 0.493 e. The lowest BCUT2D eigenvalue weighted by Crippen LogP contribution is -2.40. The van der Waals surface area contributed by atoms with E-state index in [1.165, 1.54) is 0 Å².